The molecule has 0 atom stereocenters. The van der Waals surface area contributed by atoms with Crippen LogP contribution in [0.3, 0.4) is 0 Å². The third kappa shape index (κ3) is 3.85. The first-order valence-electron chi connectivity index (χ1n) is 5.34. The number of hydrogen-bond donors (Lipinski definition) is 1. The number of benzene rings is 1. The average molecular weight is 287 g/mol. The fourth-order valence-electron chi connectivity index (χ4n) is 1.34. The predicted molar refractivity (Wildman–Crippen MR) is 76.1 cm³/mol. The molecular weight excluding hydrogens is 272 g/mol. The first-order valence-corrected chi connectivity index (χ1v) is 6.13. The van der Waals surface area contributed by atoms with Gasteiger partial charge in [-0.15, -0.1) is 0 Å². The molecule has 0 heterocycles. The Kier molecular flexibility index (Phi) is 5.37. The van der Waals surface area contributed by atoms with Gasteiger partial charge in [0.1, 0.15) is 10.7 Å². The second-order valence-corrected chi connectivity index (χ2v) is 4.71. The Labute approximate surface area is 117 Å². The number of nitrogens with two attached hydrogens (primary N) is 1. The molecule has 1 aromatic rings. The van der Waals surface area contributed by atoms with Gasteiger partial charge in [-0.1, -0.05) is 29.9 Å². The van der Waals surface area contributed by atoms with Gasteiger partial charge < -0.3 is 15.4 Å². The Morgan fingerprint density at radius 1 is 1.50 bits per heavy atom. The zero-order chi connectivity index (χ0) is 13.7. The number of halogens is 1. The van der Waals surface area contributed by atoms with Gasteiger partial charge in [-0.05, 0) is 12.1 Å². The maximum Gasteiger partial charge on any atom is 0.225 e. The monoisotopic (exact) mass is 286 g/mol. The quantitative estimate of drug-likeness (QED) is 0.839. The highest BCUT2D eigenvalue weighted by Crippen LogP contribution is 2.26. The van der Waals surface area contributed by atoms with Crippen LogP contribution in [0.4, 0.5) is 0 Å². The molecule has 1 rings (SSSR count). The molecule has 1 aromatic carbocycles. The topological polar surface area (TPSA) is 55.6 Å². The Bertz CT molecular complexity index is 463. The van der Waals surface area contributed by atoms with E-state index in [9.17, 15) is 4.79 Å². The third-order valence-corrected chi connectivity index (χ3v) is 2.81. The first-order chi connectivity index (χ1) is 8.43. The van der Waals surface area contributed by atoms with Gasteiger partial charge in [-0.2, -0.15) is 0 Å². The Morgan fingerprint density at radius 2 is 2.17 bits per heavy atom. The zero-order valence-corrected chi connectivity index (χ0v) is 11.8. The maximum absolute atomic E-state index is 11.4. The molecule has 18 heavy (non-hydrogen) atoms. The molecule has 0 aliphatic carbocycles. The molecule has 6 heteroatoms. The van der Waals surface area contributed by atoms with E-state index >= 15 is 0 Å². The summed E-state index contributed by atoms with van der Waals surface area (Å²) in [6.07, 6.45) is 0.288. The van der Waals surface area contributed by atoms with Crippen LogP contribution in [0.15, 0.2) is 18.2 Å². The van der Waals surface area contributed by atoms with E-state index in [0.29, 0.717) is 16.3 Å². The Morgan fingerprint density at radius 3 is 2.72 bits per heavy atom. The summed E-state index contributed by atoms with van der Waals surface area (Å²) in [5.41, 5.74) is 6.09. The average Bonchev–Trinajstić information content (AvgIpc) is 2.28. The van der Waals surface area contributed by atoms with Crippen molar-refractivity contribution in [2.45, 2.75) is 6.42 Å². The van der Waals surface area contributed by atoms with Crippen LogP contribution in [-0.4, -0.2) is 36.5 Å². The van der Waals surface area contributed by atoms with Crippen molar-refractivity contribution in [3.63, 3.8) is 0 Å². The molecule has 0 bridgehead atoms. The van der Waals surface area contributed by atoms with Gasteiger partial charge in [0, 0.05) is 14.1 Å². The van der Waals surface area contributed by atoms with E-state index in [-0.39, 0.29) is 23.9 Å². The normalized spacial score (nSPS) is 9.94. The summed E-state index contributed by atoms with van der Waals surface area (Å²) >= 11 is 10.9. The smallest absolute Gasteiger partial charge is 0.225 e. The molecule has 0 unspecified atom stereocenters. The fraction of sp³-hybridized carbons (Fsp3) is 0.333. The second kappa shape index (κ2) is 6.56. The molecule has 0 radical (unpaired) electrons. The van der Waals surface area contributed by atoms with E-state index in [2.05, 4.69) is 0 Å². The van der Waals surface area contributed by atoms with Gasteiger partial charge in [0.15, 0.2) is 0 Å². The molecule has 1 amide bonds. The van der Waals surface area contributed by atoms with Gasteiger partial charge in [0.25, 0.3) is 0 Å². The van der Waals surface area contributed by atoms with Crippen LogP contribution in [0, 0.1) is 0 Å². The summed E-state index contributed by atoms with van der Waals surface area (Å²) in [6, 6.07) is 5.15. The number of ether oxygens (including phenoxy) is 1. The van der Waals surface area contributed by atoms with Gasteiger partial charge in [0.05, 0.1) is 23.6 Å². The van der Waals surface area contributed by atoms with Crippen LogP contribution >= 0.6 is 23.8 Å². The van der Waals surface area contributed by atoms with Crippen molar-refractivity contribution in [3.8, 4) is 5.75 Å². The fourth-order valence-corrected chi connectivity index (χ4v) is 1.87. The van der Waals surface area contributed by atoms with Crippen molar-refractivity contribution in [3.05, 3.63) is 28.8 Å². The van der Waals surface area contributed by atoms with E-state index in [1.807, 2.05) is 0 Å². The van der Waals surface area contributed by atoms with E-state index in [1.165, 1.54) is 4.90 Å². The van der Waals surface area contributed by atoms with Crippen molar-refractivity contribution in [1.29, 1.82) is 0 Å². The second-order valence-electron chi connectivity index (χ2n) is 3.86. The highest BCUT2D eigenvalue weighted by molar-refractivity contribution is 7.80. The minimum absolute atomic E-state index is 0.00565. The van der Waals surface area contributed by atoms with Gasteiger partial charge >= 0.3 is 0 Å². The number of rotatable bonds is 5. The number of thiocarbonyl (C=S) groups is 1. The van der Waals surface area contributed by atoms with Crippen LogP contribution < -0.4 is 10.5 Å². The number of amides is 1. The van der Waals surface area contributed by atoms with Crippen molar-refractivity contribution < 1.29 is 9.53 Å². The summed E-state index contributed by atoms with van der Waals surface area (Å²) in [5.74, 6) is 0.496. The molecule has 2 N–H and O–H groups in total. The van der Waals surface area contributed by atoms with Crippen LogP contribution in [0.5, 0.6) is 5.75 Å². The Balaban J connectivity index is 2.71. The lowest BCUT2D eigenvalue weighted by Crippen LogP contribution is -2.23. The number of carbonyl (C=O) groups is 1. The maximum atomic E-state index is 11.4. The SMILES string of the molecule is CN(C)C(=O)CCOc1cccc(Cl)c1C(N)=S. The van der Waals surface area contributed by atoms with Crippen molar-refractivity contribution >= 4 is 34.7 Å². The molecule has 0 spiro atoms. The molecule has 0 saturated heterocycles. The lowest BCUT2D eigenvalue weighted by molar-refractivity contribution is -0.129. The summed E-state index contributed by atoms with van der Waals surface area (Å²) < 4.78 is 5.50. The summed E-state index contributed by atoms with van der Waals surface area (Å²) in [7, 11) is 3.39. The summed E-state index contributed by atoms with van der Waals surface area (Å²) in [5, 5.41) is 0.443. The van der Waals surface area contributed by atoms with Crippen LogP contribution in [0.2, 0.25) is 5.02 Å². The molecule has 0 aromatic heterocycles. The van der Waals surface area contributed by atoms with E-state index in [4.69, 9.17) is 34.3 Å². The molecular formula is C12H15ClN2O2S. The Hall–Kier alpha value is -1.33. The molecule has 4 nitrogen and oxygen atoms in total. The standard InChI is InChI=1S/C12H15ClN2O2S/c1-15(2)10(16)6-7-17-9-5-3-4-8(13)11(9)12(14)18/h3-5H,6-7H2,1-2H3,(H2,14,18). The van der Waals surface area contributed by atoms with E-state index in [0.717, 1.165) is 0 Å². The van der Waals surface area contributed by atoms with Crippen molar-refractivity contribution in [2.75, 3.05) is 20.7 Å². The minimum Gasteiger partial charge on any atom is -0.492 e. The highest BCUT2D eigenvalue weighted by atomic mass is 35.5. The number of nitrogens with zero attached hydrogens (tertiary/aromatic N) is 1. The lowest BCUT2D eigenvalue weighted by Gasteiger charge is -2.13. The molecule has 0 fully saturated rings. The first kappa shape index (κ1) is 14.7. The molecule has 0 aliphatic rings. The van der Waals surface area contributed by atoms with Crippen LogP contribution in [-0.2, 0) is 4.79 Å². The molecule has 0 saturated carbocycles. The highest BCUT2D eigenvalue weighted by Gasteiger charge is 2.11. The van der Waals surface area contributed by atoms with Crippen molar-refractivity contribution in [1.82, 2.24) is 4.90 Å². The van der Waals surface area contributed by atoms with Crippen LogP contribution in [0.1, 0.15) is 12.0 Å². The van der Waals surface area contributed by atoms with Crippen molar-refractivity contribution in [2.24, 2.45) is 5.73 Å². The summed E-state index contributed by atoms with van der Waals surface area (Å²) in [4.78, 5) is 13.1. The zero-order valence-electron chi connectivity index (χ0n) is 10.3. The van der Waals surface area contributed by atoms with Gasteiger partial charge in [-0.25, -0.2) is 0 Å². The lowest BCUT2D eigenvalue weighted by atomic mass is 10.2. The number of carbonyl (C=O) groups excluding carboxylic acids is 1. The largest absolute Gasteiger partial charge is 0.492 e. The molecule has 0 aliphatic heterocycles. The number of hydrogen-bond acceptors (Lipinski definition) is 3. The van der Waals surface area contributed by atoms with Gasteiger partial charge in [0.2, 0.25) is 5.91 Å². The van der Waals surface area contributed by atoms with E-state index < -0.39 is 0 Å². The predicted octanol–water partition coefficient (Wildman–Crippen LogP) is 1.83. The van der Waals surface area contributed by atoms with Gasteiger partial charge in [-0.3, -0.25) is 4.79 Å². The minimum atomic E-state index is -0.00565. The summed E-state index contributed by atoms with van der Waals surface area (Å²) in [6.45, 7) is 0.257. The van der Waals surface area contributed by atoms with Crippen LogP contribution in [0.25, 0.3) is 0 Å². The molecule has 98 valence electrons. The van der Waals surface area contributed by atoms with E-state index in [1.54, 1.807) is 32.3 Å². The third-order valence-electron chi connectivity index (χ3n) is 2.29.